The van der Waals surface area contributed by atoms with Crippen molar-refractivity contribution in [2.45, 2.75) is 46.0 Å². The van der Waals surface area contributed by atoms with Crippen LogP contribution in [0.5, 0.6) is 0 Å². The Morgan fingerprint density at radius 2 is 1.88 bits per heavy atom. The van der Waals surface area contributed by atoms with Crippen LogP contribution >= 0.6 is 0 Å². The minimum atomic E-state index is -0.129. The molecule has 0 radical (unpaired) electrons. The van der Waals surface area contributed by atoms with Crippen LogP contribution in [0.25, 0.3) is 0 Å². The predicted octanol–water partition coefficient (Wildman–Crippen LogP) is 3.53. The van der Waals surface area contributed by atoms with Crippen molar-refractivity contribution in [2.75, 3.05) is 18.9 Å². The second kappa shape index (κ2) is 6.96. The van der Waals surface area contributed by atoms with Crippen molar-refractivity contribution >= 4 is 17.5 Å². The lowest BCUT2D eigenvalue weighted by Crippen LogP contribution is -2.36. The van der Waals surface area contributed by atoms with Gasteiger partial charge in [0.1, 0.15) is 0 Å². The van der Waals surface area contributed by atoms with E-state index in [1.807, 2.05) is 32.0 Å². The second-order valence-electron chi connectivity index (χ2n) is 7.70. The molecule has 2 fully saturated rings. The zero-order chi connectivity index (χ0) is 17.3. The van der Waals surface area contributed by atoms with Gasteiger partial charge in [0.25, 0.3) is 0 Å². The number of hydrogen-bond acceptors (Lipinski definition) is 2. The molecule has 3 rings (SSSR count). The van der Waals surface area contributed by atoms with Crippen molar-refractivity contribution in [2.24, 2.45) is 17.8 Å². The molecule has 2 aliphatic rings. The fraction of sp³-hybridized carbons (Fsp3) is 0.600. The summed E-state index contributed by atoms with van der Waals surface area (Å²) in [6.07, 6.45) is 5.77. The van der Waals surface area contributed by atoms with Crippen LogP contribution in [-0.4, -0.2) is 30.3 Å². The van der Waals surface area contributed by atoms with Crippen molar-refractivity contribution in [3.8, 4) is 0 Å². The van der Waals surface area contributed by atoms with Crippen molar-refractivity contribution in [1.29, 1.82) is 0 Å². The summed E-state index contributed by atoms with van der Waals surface area (Å²) >= 11 is 0. The van der Waals surface area contributed by atoms with Crippen LogP contribution in [0.15, 0.2) is 18.2 Å². The van der Waals surface area contributed by atoms with E-state index in [-0.39, 0.29) is 18.4 Å². The first-order chi connectivity index (χ1) is 11.4. The van der Waals surface area contributed by atoms with Gasteiger partial charge in [-0.1, -0.05) is 24.6 Å². The number of rotatable bonds is 5. The molecular weight excluding hydrogens is 300 g/mol. The largest absolute Gasteiger partial charge is 0.336 e. The maximum absolute atomic E-state index is 12.4. The summed E-state index contributed by atoms with van der Waals surface area (Å²) in [5.41, 5.74) is 2.94. The summed E-state index contributed by atoms with van der Waals surface area (Å²) in [5.74, 6) is 2.11. The van der Waals surface area contributed by atoms with E-state index in [1.165, 1.54) is 25.7 Å². The number of benzene rings is 1. The van der Waals surface area contributed by atoms with E-state index in [2.05, 4.69) is 5.32 Å². The fourth-order valence-electron chi connectivity index (χ4n) is 4.50. The Labute approximate surface area is 144 Å². The van der Waals surface area contributed by atoms with Gasteiger partial charge in [-0.05, 0) is 62.0 Å². The van der Waals surface area contributed by atoms with E-state index in [4.69, 9.17) is 0 Å². The van der Waals surface area contributed by atoms with Gasteiger partial charge in [0, 0.05) is 19.2 Å². The maximum Gasteiger partial charge on any atom is 0.243 e. The van der Waals surface area contributed by atoms with Crippen LogP contribution in [0.2, 0.25) is 0 Å². The normalized spacial score (nSPS) is 24.9. The number of aryl methyl sites for hydroxylation is 2. The molecule has 1 N–H and O–H groups in total. The Balaban J connectivity index is 1.51. The molecular formula is C20H28N2O2. The first-order valence-electron chi connectivity index (χ1n) is 9.04. The van der Waals surface area contributed by atoms with Crippen LogP contribution in [-0.2, 0) is 9.59 Å². The van der Waals surface area contributed by atoms with Gasteiger partial charge >= 0.3 is 0 Å². The minimum Gasteiger partial charge on any atom is -0.336 e. The molecule has 0 aromatic heterocycles. The van der Waals surface area contributed by atoms with E-state index in [1.54, 1.807) is 11.9 Å². The Kier molecular flexibility index (Phi) is 4.93. The molecule has 1 aromatic rings. The molecule has 0 saturated heterocycles. The molecule has 0 heterocycles. The number of amides is 2. The number of nitrogens with one attached hydrogen (secondary N) is 1. The van der Waals surface area contributed by atoms with Crippen molar-refractivity contribution in [3.63, 3.8) is 0 Å². The molecule has 2 amide bonds. The molecule has 0 unspecified atom stereocenters. The smallest absolute Gasteiger partial charge is 0.243 e. The zero-order valence-corrected chi connectivity index (χ0v) is 15.0. The van der Waals surface area contributed by atoms with Gasteiger partial charge in [-0.15, -0.1) is 0 Å². The number of likely N-dealkylation sites (N-methyl/N-ethyl adjacent to an activating group) is 1. The number of carbonyl (C=O) groups excluding carboxylic acids is 2. The Hall–Kier alpha value is -1.84. The fourth-order valence-corrected chi connectivity index (χ4v) is 4.50. The van der Waals surface area contributed by atoms with Crippen LogP contribution in [0.3, 0.4) is 0 Å². The SMILES string of the molecule is Cc1cccc(C)c1NC(=O)CN(C)C(=O)C[C@H]1C[C@H]2CC[C@@H]1C2. The van der Waals surface area contributed by atoms with Gasteiger partial charge in [0.05, 0.1) is 6.54 Å². The predicted molar refractivity (Wildman–Crippen MR) is 95.7 cm³/mol. The summed E-state index contributed by atoms with van der Waals surface area (Å²) in [7, 11) is 1.74. The number of carbonyl (C=O) groups is 2. The van der Waals surface area contributed by atoms with Gasteiger partial charge in [0.2, 0.25) is 11.8 Å². The highest BCUT2D eigenvalue weighted by atomic mass is 16.2. The molecule has 4 nitrogen and oxygen atoms in total. The Morgan fingerprint density at radius 3 is 2.46 bits per heavy atom. The van der Waals surface area contributed by atoms with Crippen molar-refractivity contribution < 1.29 is 9.59 Å². The van der Waals surface area contributed by atoms with E-state index in [0.717, 1.165) is 28.7 Å². The number of fused-ring (bicyclic) bond motifs is 2. The average Bonchev–Trinajstić information content (AvgIpc) is 3.13. The van der Waals surface area contributed by atoms with Gasteiger partial charge in [-0.2, -0.15) is 0 Å². The third-order valence-corrected chi connectivity index (χ3v) is 5.87. The van der Waals surface area contributed by atoms with Gasteiger partial charge in [-0.3, -0.25) is 9.59 Å². The number of para-hydroxylation sites is 1. The highest BCUT2D eigenvalue weighted by Gasteiger charge is 2.40. The zero-order valence-electron chi connectivity index (χ0n) is 15.0. The van der Waals surface area contributed by atoms with Gasteiger partial charge < -0.3 is 10.2 Å². The molecule has 0 aliphatic heterocycles. The van der Waals surface area contributed by atoms with Crippen LogP contribution < -0.4 is 5.32 Å². The number of anilines is 1. The Morgan fingerprint density at radius 1 is 1.17 bits per heavy atom. The molecule has 130 valence electrons. The summed E-state index contributed by atoms with van der Waals surface area (Å²) in [4.78, 5) is 26.3. The summed E-state index contributed by atoms with van der Waals surface area (Å²) in [6, 6.07) is 5.94. The lowest BCUT2D eigenvalue weighted by molar-refractivity contribution is -0.134. The minimum absolute atomic E-state index is 0.101. The number of hydrogen-bond donors (Lipinski definition) is 1. The van der Waals surface area contributed by atoms with Gasteiger partial charge in [0.15, 0.2) is 0 Å². The number of nitrogens with zero attached hydrogens (tertiary/aromatic N) is 1. The van der Waals surface area contributed by atoms with E-state index < -0.39 is 0 Å². The van der Waals surface area contributed by atoms with Crippen molar-refractivity contribution in [3.05, 3.63) is 29.3 Å². The summed E-state index contributed by atoms with van der Waals surface area (Å²) in [6.45, 7) is 4.08. The highest BCUT2D eigenvalue weighted by Crippen LogP contribution is 2.49. The topological polar surface area (TPSA) is 49.4 Å². The van der Waals surface area contributed by atoms with Gasteiger partial charge in [-0.25, -0.2) is 0 Å². The van der Waals surface area contributed by atoms with E-state index in [9.17, 15) is 9.59 Å². The lowest BCUT2D eigenvalue weighted by atomic mass is 9.86. The summed E-state index contributed by atoms with van der Waals surface area (Å²) < 4.78 is 0. The van der Waals surface area contributed by atoms with Crippen LogP contribution in [0.1, 0.15) is 43.2 Å². The highest BCUT2D eigenvalue weighted by molar-refractivity contribution is 5.95. The quantitative estimate of drug-likeness (QED) is 0.899. The average molecular weight is 328 g/mol. The van der Waals surface area contributed by atoms with Crippen LogP contribution in [0, 0.1) is 31.6 Å². The molecule has 3 atom stereocenters. The maximum atomic E-state index is 12.4. The molecule has 2 aliphatic carbocycles. The molecule has 2 bridgehead atoms. The molecule has 24 heavy (non-hydrogen) atoms. The van der Waals surface area contributed by atoms with Crippen LogP contribution in [0.4, 0.5) is 5.69 Å². The lowest BCUT2D eigenvalue weighted by Gasteiger charge is -2.24. The molecule has 2 saturated carbocycles. The third kappa shape index (κ3) is 3.63. The first-order valence-corrected chi connectivity index (χ1v) is 9.04. The molecule has 1 aromatic carbocycles. The van der Waals surface area contributed by atoms with E-state index >= 15 is 0 Å². The third-order valence-electron chi connectivity index (χ3n) is 5.87. The first kappa shape index (κ1) is 17.0. The Bertz CT molecular complexity index is 620. The van der Waals surface area contributed by atoms with E-state index in [0.29, 0.717) is 12.3 Å². The monoisotopic (exact) mass is 328 g/mol. The molecule has 4 heteroatoms. The van der Waals surface area contributed by atoms with Crippen molar-refractivity contribution in [1.82, 2.24) is 4.90 Å². The molecule has 0 spiro atoms. The standard InChI is InChI=1S/C20H28N2O2/c1-13-5-4-6-14(2)20(13)21-18(23)12-22(3)19(24)11-17-10-15-7-8-16(17)9-15/h4-6,15-17H,7-12H2,1-3H3,(H,21,23)/t15-,16+,17+/m0/s1. The summed E-state index contributed by atoms with van der Waals surface area (Å²) in [5, 5.41) is 2.95. The second-order valence-corrected chi connectivity index (χ2v) is 7.70.